The quantitative estimate of drug-likeness (QED) is 0.572. The van der Waals surface area contributed by atoms with Crippen LogP contribution in [0.4, 0.5) is 0 Å². The number of nitrogens with one attached hydrogen (secondary N) is 1. The van der Waals surface area contributed by atoms with Crippen molar-refractivity contribution in [3.05, 3.63) is 0 Å². The van der Waals surface area contributed by atoms with Crippen molar-refractivity contribution in [1.29, 1.82) is 0 Å². The van der Waals surface area contributed by atoms with E-state index >= 15 is 0 Å². The van der Waals surface area contributed by atoms with Crippen molar-refractivity contribution in [2.75, 3.05) is 6.54 Å². The molecule has 0 aromatic carbocycles. The Kier molecular flexibility index (Phi) is 7.34. The van der Waals surface area contributed by atoms with Gasteiger partial charge in [0.25, 0.3) is 0 Å². The molecule has 0 aromatic heterocycles. The van der Waals surface area contributed by atoms with Crippen LogP contribution >= 0.6 is 0 Å². The highest BCUT2D eigenvalue weighted by molar-refractivity contribution is 5.86. The Labute approximate surface area is 139 Å². The fourth-order valence-corrected chi connectivity index (χ4v) is 3.91. The van der Waals surface area contributed by atoms with Crippen LogP contribution in [0.1, 0.15) is 71.1 Å². The maximum atomic E-state index is 12.3. The van der Waals surface area contributed by atoms with E-state index in [0.29, 0.717) is 6.54 Å². The van der Waals surface area contributed by atoms with Gasteiger partial charge in [-0.2, -0.15) is 0 Å². The number of rotatable bonds is 11. The summed E-state index contributed by atoms with van der Waals surface area (Å²) in [5, 5.41) is 12.2. The van der Waals surface area contributed by atoms with Crippen molar-refractivity contribution in [2.24, 2.45) is 11.8 Å². The molecular formula is C18H31NO4. The number of carboxylic acids is 1. The van der Waals surface area contributed by atoms with E-state index in [2.05, 4.69) is 12.2 Å². The van der Waals surface area contributed by atoms with E-state index in [1.54, 1.807) is 0 Å². The fraction of sp³-hybridized carbons (Fsp3) is 0.889. The van der Waals surface area contributed by atoms with Gasteiger partial charge in [0.2, 0.25) is 5.91 Å². The van der Waals surface area contributed by atoms with E-state index in [-0.39, 0.29) is 18.1 Å². The lowest BCUT2D eigenvalue weighted by Gasteiger charge is -2.23. The van der Waals surface area contributed by atoms with Crippen LogP contribution in [-0.4, -0.2) is 35.7 Å². The van der Waals surface area contributed by atoms with Gasteiger partial charge in [-0.1, -0.05) is 51.9 Å². The number of hydrogen-bond acceptors (Lipinski definition) is 3. The number of aliphatic carboxylic acids is 1. The standard InChI is InChI=1S/C18H31NO4/c1-2-3-4-5-6-7-8-9-12-19-17(20)15-13-10-11-14(23-13)16(15)18(21)22/h13-16H,2-12H2,1H3,(H,19,20)(H,21,22)/t13-,14-,15?,16?/m1/s1. The Hall–Kier alpha value is -1.10. The van der Waals surface area contributed by atoms with E-state index in [1.165, 1.54) is 38.5 Å². The topological polar surface area (TPSA) is 75.6 Å². The molecule has 2 bridgehead atoms. The lowest BCUT2D eigenvalue weighted by molar-refractivity contribution is -0.147. The number of carbonyl (C=O) groups excluding carboxylic acids is 1. The first-order valence-corrected chi connectivity index (χ1v) is 9.31. The average Bonchev–Trinajstić information content (AvgIpc) is 3.14. The monoisotopic (exact) mass is 325 g/mol. The number of hydrogen-bond donors (Lipinski definition) is 2. The summed E-state index contributed by atoms with van der Waals surface area (Å²) < 4.78 is 5.63. The van der Waals surface area contributed by atoms with Gasteiger partial charge >= 0.3 is 5.97 Å². The molecule has 2 aliphatic rings. The van der Waals surface area contributed by atoms with Crippen molar-refractivity contribution >= 4 is 11.9 Å². The number of amides is 1. The molecule has 0 spiro atoms. The van der Waals surface area contributed by atoms with Gasteiger partial charge in [-0.15, -0.1) is 0 Å². The zero-order valence-electron chi connectivity index (χ0n) is 14.3. The maximum Gasteiger partial charge on any atom is 0.310 e. The molecule has 132 valence electrons. The molecule has 0 radical (unpaired) electrons. The van der Waals surface area contributed by atoms with Gasteiger partial charge < -0.3 is 15.2 Å². The molecule has 2 rings (SSSR count). The minimum atomic E-state index is -0.899. The molecule has 23 heavy (non-hydrogen) atoms. The summed E-state index contributed by atoms with van der Waals surface area (Å²) in [5.74, 6) is -2.19. The number of carbonyl (C=O) groups is 2. The SMILES string of the molecule is CCCCCCCCCCNC(=O)C1C(C(=O)O)[C@H]2CC[C@H]1O2. The second-order valence-corrected chi connectivity index (χ2v) is 6.95. The predicted molar refractivity (Wildman–Crippen MR) is 88.1 cm³/mol. The van der Waals surface area contributed by atoms with Crippen molar-refractivity contribution in [2.45, 2.75) is 83.3 Å². The molecule has 2 N–H and O–H groups in total. The lowest BCUT2D eigenvalue weighted by atomic mass is 9.78. The zero-order valence-corrected chi connectivity index (χ0v) is 14.3. The van der Waals surface area contributed by atoms with Gasteiger partial charge in [0.1, 0.15) is 0 Å². The maximum absolute atomic E-state index is 12.3. The summed E-state index contributed by atoms with van der Waals surface area (Å²) in [6.45, 7) is 2.87. The Morgan fingerprint density at radius 1 is 0.957 bits per heavy atom. The molecule has 1 amide bonds. The molecule has 0 saturated carbocycles. The molecule has 0 aliphatic carbocycles. The molecular weight excluding hydrogens is 294 g/mol. The van der Waals surface area contributed by atoms with Gasteiger partial charge in [0, 0.05) is 6.54 Å². The summed E-state index contributed by atoms with van der Waals surface area (Å²) in [5.41, 5.74) is 0. The summed E-state index contributed by atoms with van der Waals surface area (Å²) in [6, 6.07) is 0. The number of ether oxygens (including phenoxy) is 1. The Morgan fingerprint density at radius 2 is 1.52 bits per heavy atom. The summed E-state index contributed by atoms with van der Waals surface area (Å²) >= 11 is 0. The third kappa shape index (κ3) is 4.93. The minimum Gasteiger partial charge on any atom is -0.481 e. The number of carboxylic acid groups (broad SMARTS) is 1. The lowest BCUT2D eigenvalue weighted by Crippen LogP contribution is -2.44. The van der Waals surface area contributed by atoms with Gasteiger partial charge in [-0.05, 0) is 19.3 Å². The molecule has 2 fully saturated rings. The van der Waals surface area contributed by atoms with Gasteiger partial charge in [0.15, 0.2) is 0 Å². The zero-order chi connectivity index (χ0) is 16.7. The van der Waals surface area contributed by atoms with Crippen LogP contribution in [0.15, 0.2) is 0 Å². The van der Waals surface area contributed by atoms with E-state index < -0.39 is 17.8 Å². The highest BCUT2D eigenvalue weighted by Crippen LogP contribution is 2.43. The summed E-state index contributed by atoms with van der Waals surface area (Å²) in [4.78, 5) is 23.7. The first-order chi connectivity index (χ1) is 11.1. The third-order valence-electron chi connectivity index (χ3n) is 5.19. The van der Waals surface area contributed by atoms with Crippen LogP contribution < -0.4 is 5.32 Å². The van der Waals surface area contributed by atoms with Gasteiger partial charge in [-0.25, -0.2) is 0 Å². The highest BCUT2D eigenvalue weighted by atomic mass is 16.5. The van der Waals surface area contributed by atoms with E-state index in [9.17, 15) is 14.7 Å². The van der Waals surface area contributed by atoms with Crippen LogP contribution in [0.5, 0.6) is 0 Å². The van der Waals surface area contributed by atoms with Gasteiger partial charge in [0.05, 0.1) is 24.0 Å². The molecule has 0 aromatic rings. The van der Waals surface area contributed by atoms with Crippen molar-refractivity contribution in [1.82, 2.24) is 5.32 Å². The van der Waals surface area contributed by atoms with Crippen LogP contribution in [0, 0.1) is 11.8 Å². The number of unbranched alkanes of at least 4 members (excludes halogenated alkanes) is 7. The predicted octanol–water partition coefficient (Wildman–Crippen LogP) is 3.12. The molecule has 5 heteroatoms. The summed E-state index contributed by atoms with van der Waals surface area (Å²) in [6.07, 6.45) is 10.9. The third-order valence-corrected chi connectivity index (χ3v) is 5.19. The molecule has 4 atom stereocenters. The second kappa shape index (κ2) is 9.26. The first-order valence-electron chi connectivity index (χ1n) is 9.31. The number of fused-ring (bicyclic) bond motifs is 2. The highest BCUT2D eigenvalue weighted by Gasteiger charge is 2.55. The first kappa shape index (κ1) is 18.2. The van der Waals surface area contributed by atoms with Crippen LogP contribution in [0.3, 0.4) is 0 Å². The van der Waals surface area contributed by atoms with Crippen molar-refractivity contribution < 1.29 is 19.4 Å². The van der Waals surface area contributed by atoms with Crippen molar-refractivity contribution in [3.63, 3.8) is 0 Å². The average molecular weight is 325 g/mol. The fourth-order valence-electron chi connectivity index (χ4n) is 3.91. The smallest absolute Gasteiger partial charge is 0.310 e. The van der Waals surface area contributed by atoms with E-state index in [0.717, 1.165) is 25.7 Å². The summed E-state index contributed by atoms with van der Waals surface area (Å²) in [7, 11) is 0. The normalized spacial score (nSPS) is 28.9. The Morgan fingerprint density at radius 3 is 2.13 bits per heavy atom. The van der Waals surface area contributed by atoms with E-state index in [1.807, 2.05) is 0 Å². The Balaban J connectivity index is 1.59. The van der Waals surface area contributed by atoms with Crippen LogP contribution in [0.25, 0.3) is 0 Å². The Bertz CT molecular complexity index is 398. The molecule has 2 saturated heterocycles. The van der Waals surface area contributed by atoms with Gasteiger partial charge in [-0.3, -0.25) is 9.59 Å². The van der Waals surface area contributed by atoms with Crippen molar-refractivity contribution in [3.8, 4) is 0 Å². The molecule has 5 nitrogen and oxygen atoms in total. The second-order valence-electron chi connectivity index (χ2n) is 6.95. The van der Waals surface area contributed by atoms with Crippen LogP contribution in [-0.2, 0) is 14.3 Å². The van der Waals surface area contributed by atoms with Crippen LogP contribution in [0.2, 0.25) is 0 Å². The largest absolute Gasteiger partial charge is 0.481 e. The minimum absolute atomic E-state index is 0.132. The van der Waals surface area contributed by atoms with E-state index in [4.69, 9.17) is 4.74 Å². The molecule has 2 unspecified atom stereocenters. The molecule has 2 aliphatic heterocycles. The molecule has 2 heterocycles.